The van der Waals surface area contributed by atoms with Gasteiger partial charge in [0.25, 0.3) is 0 Å². The highest BCUT2D eigenvalue weighted by atomic mass is 14.7. The van der Waals surface area contributed by atoms with Gasteiger partial charge >= 0.3 is 0 Å². The zero-order valence-electron chi connectivity index (χ0n) is 7.72. The van der Waals surface area contributed by atoms with E-state index in [-0.39, 0.29) is 6.04 Å². The summed E-state index contributed by atoms with van der Waals surface area (Å²) in [5.41, 5.74) is 6.39. The summed E-state index contributed by atoms with van der Waals surface area (Å²) in [7, 11) is 0. The van der Waals surface area contributed by atoms with Gasteiger partial charge in [-0.05, 0) is 24.8 Å². The normalized spacial score (nSPS) is 13.9. The molecule has 0 heterocycles. The minimum Gasteiger partial charge on any atom is -0.405 e. The molecule has 68 valence electrons. The molecule has 0 saturated carbocycles. The van der Waals surface area contributed by atoms with Crippen LogP contribution >= 0.6 is 0 Å². The van der Waals surface area contributed by atoms with Crippen LogP contribution in [0.4, 0.5) is 0 Å². The first-order chi connectivity index (χ1) is 6.34. The number of nitrogens with zero attached hydrogens (tertiary/aromatic N) is 1. The van der Waals surface area contributed by atoms with Gasteiger partial charge < -0.3 is 5.73 Å². The molecule has 0 amide bonds. The molecule has 0 saturated heterocycles. The third-order valence-corrected chi connectivity index (χ3v) is 1.79. The van der Waals surface area contributed by atoms with Gasteiger partial charge in [0.05, 0.1) is 6.04 Å². The van der Waals surface area contributed by atoms with E-state index >= 15 is 0 Å². The molecule has 0 spiro atoms. The molecule has 0 aromatic heterocycles. The molecule has 0 aliphatic rings. The SMILES string of the molecule is CC(N=CC=CN)c1ccccc1. The van der Waals surface area contributed by atoms with Crippen LogP contribution in [-0.4, -0.2) is 6.21 Å². The number of hydrogen-bond acceptors (Lipinski definition) is 2. The number of rotatable bonds is 3. The minimum absolute atomic E-state index is 0.192. The second-order valence-electron chi connectivity index (χ2n) is 2.77. The molecule has 0 bridgehead atoms. The van der Waals surface area contributed by atoms with Crippen molar-refractivity contribution in [1.82, 2.24) is 0 Å². The van der Waals surface area contributed by atoms with E-state index in [1.165, 1.54) is 11.8 Å². The molecule has 1 aromatic carbocycles. The molecule has 2 nitrogen and oxygen atoms in total. The van der Waals surface area contributed by atoms with Crippen LogP contribution in [0.5, 0.6) is 0 Å². The molecule has 1 rings (SSSR count). The van der Waals surface area contributed by atoms with E-state index in [9.17, 15) is 0 Å². The molecule has 1 atom stereocenters. The van der Waals surface area contributed by atoms with Crippen molar-refractivity contribution >= 4 is 6.21 Å². The van der Waals surface area contributed by atoms with Crippen LogP contribution in [0.25, 0.3) is 0 Å². The lowest BCUT2D eigenvalue weighted by Gasteiger charge is -2.04. The third kappa shape index (κ3) is 3.11. The molecule has 1 aromatic rings. The van der Waals surface area contributed by atoms with E-state index in [0.717, 1.165) is 0 Å². The number of hydrogen-bond donors (Lipinski definition) is 1. The molecular formula is C11H14N2. The maximum Gasteiger partial charge on any atom is 0.0720 e. The van der Waals surface area contributed by atoms with Gasteiger partial charge in [-0.3, -0.25) is 4.99 Å². The van der Waals surface area contributed by atoms with E-state index in [1.54, 1.807) is 12.3 Å². The van der Waals surface area contributed by atoms with Gasteiger partial charge in [-0.15, -0.1) is 0 Å². The smallest absolute Gasteiger partial charge is 0.0720 e. The first-order valence-electron chi connectivity index (χ1n) is 4.29. The molecule has 0 radical (unpaired) electrons. The molecule has 2 N–H and O–H groups in total. The first-order valence-corrected chi connectivity index (χ1v) is 4.29. The summed E-state index contributed by atoms with van der Waals surface area (Å²) in [5.74, 6) is 0. The number of benzene rings is 1. The summed E-state index contributed by atoms with van der Waals surface area (Å²) in [5, 5.41) is 0. The Morgan fingerprint density at radius 2 is 2.00 bits per heavy atom. The highest BCUT2D eigenvalue weighted by molar-refractivity contribution is 5.71. The highest BCUT2D eigenvalue weighted by Gasteiger charge is 1.98. The van der Waals surface area contributed by atoms with E-state index in [1.807, 2.05) is 18.2 Å². The number of nitrogens with two attached hydrogens (primary N) is 1. The zero-order chi connectivity index (χ0) is 9.52. The Hall–Kier alpha value is -1.57. The highest BCUT2D eigenvalue weighted by Crippen LogP contribution is 2.14. The molecular weight excluding hydrogens is 160 g/mol. The Morgan fingerprint density at radius 3 is 2.62 bits per heavy atom. The van der Waals surface area contributed by atoms with Crippen molar-refractivity contribution in [3.63, 3.8) is 0 Å². The summed E-state index contributed by atoms with van der Waals surface area (Å²) in [6.45, 7) is 2.05. The van der Waals surface area contributed by atoms with Crippen LogP contribution in [0.3, 0.4) is 0 Å². The van der Waals surface area contributed by atoms with Crippen LogP contribution in [0.1, 0.15) is 18.5 Å². The van der Waals surface area contributed by atoms with Gasteiger partial charge in [0, 0.05) is 6.21 Å². The first kappa shape index (κ1) is 9.52. The maximum absolute atomic E-state index is 5.18. The lowest BCUT2D eigenvalue weighted by molar-refractivity contribution is 0.826. The van der Waals surface area contributed by atoms with Crippen LogP contribution < -0.4 is 5.73 Å². The maximum atomic E-state index is 5.18. The Kier molecular flexibility index (Phi) is 3.76. The van der Waals surface area contributed by atoms with Gasteiger partial charge in [0.1, 0.15) is 0 Å². The second-order valence-corrected chi connectivity index (χ2v) is 2.77. The van der Waals surface area contributed by atoms with Crippen LogP contribution in [0.2, 0.25) is 0 Å². The van der Waals surface area contributed by atoms with Gasteiger partial charge in [-0.25, -0.2) is 0 Å². The van der Waals surface area contributed by atoms with Crippen molar-refractivity contribution in [2.45, 2.75) is 13.0 Å². The Labute approximate surface area is 78.8 Å². The van der Waals surface area contributed by atoms with E-state index in [4.69, 9.17) is 5.73 Å². The molecule has 0 fully saturated rings. The van der Waals surface area contributed by atoms with Crippen molar-refractivity contribution in [2.24, 2.45) is 10.7 Å². The van der Waals surface area contributed by atoms with Gasteiger partial charge in [-0.2, -0.15) is 0 Å². The topological polar surface area (TPSA) is 38.4 Å². The number of aliphatic imine (C=N–C) groups is 1. The molecule has 2 heteroatoms. The average Bonchev–Trinajstić information content (AvgIpc) is 2.19. The molecule has 1 unspecified atom stereocenters. The zero-order valence-corrected chi connectivity index (χ0v) is 7.72. The van der Waals surface area contributed by atoms with Crippen molar-refractivity contribution in [3.8, 4) is 0 Å². The van der Waals surface area contributed by atoms with Gasteiger partial charge in [0.15, 0.2) is 0 Å². The predicted octanol–water partition coefficient (Wildman–Crippen LogP) is 2.29. The largest absolute Gasteiger partial charge is 0.405 e. The fourth-order valence-corrected chi connectivity index (χ4v) is 1.05. The minimum atomic E-state index is 0.192. The summed E-state index contributed by atoms with van der Waals surface area (Å²) < 4.78 is 0. The summed E-state index contributed by atoms with van der Waals surface area (Å²) in [6.07, 6.45) is 4.92. The molecule has 0 aliphatic carbocycles. The molecule has 0 aliphatic heterocycles. The molecule has 13 heavy (non-hydrogen) atoms. The summed E-state index contributed by atoms with van der Waals surface area (Å²) >= 11 is 0. The van der Waals surface area contributed by atoms with E-state index in [0.29, 0.717) is 0 Å². The standard InChI is InChI=1S/C11H14N2/c1-10(13-9-5-8-12)11-6-3-2-4-7-11/h2-10H,12H2,1H3. The fourth-order valence-electron chi connectivity index (χ4n) is 1.05. The quantitative estimate of drug-likeness (QED) is 0.701. The third-order valence-electron chi connectivity index (χ3n) is 1.79. The van der Waals surface area contributed by atoms with E-state index in [2.05, 4.69) is 24.0 Å². The van der Waals surface area contributed by atoms with Crippen molar-refractivity contribution in [3.05, 3.63) is 48.2 Å². The Morgan fingerprint density at radius 1 is 1.31 bits per heavy atom. The predicted molar refractivity (Wildman–Crippen MR) is 56.7 cm³/mol. The van der Waals surface area contributed by atoms with Crippen molar-refractivity contribution in [1.29, 1.82) is 0 Å². The van der Waals surface area contributed by atoms with Crippen molar-refractivity contribution in [2.75, 3.05) is 0 Å². The summed E-state index contributed by atoms with van der Waals surface area (Å²) in [6, 6.07) is 10.3. The van der Waals surface area contributed by atoms with Gasteiger partial charge in [0.2, 0.25) is 0 Å². The van der Waals surface area contributed by atoms with Crippen LogP contribution in [-0.2, 0) is 0 Å². The Bertz CT molecular complexity index is 288. The number of allylic oxidation sites excluding steroid dienone is 1. The monoisotopic (exact) mass is 174 g/mol. The van der Waals surface area contributed by atoms with Crippen molar-refractivity contribution < 1.29 is 0 Å². The van der Waals surface area contributed by atoms with Crippen LogP contribution in [0, 0.1) is 0 Å². The average molecular weight is 174 g/mol. The lowest BCUT2D eigenvalue weighted by Crippen LogP contribution is -1.88. The van der Waals surface area contributed by atoms with Crippen LogP contribution in [0.15, 0.2) is 47.6 Å². The van der Waals surface area contributed by atoms with Gasteiger partial charge in [-0.1, -0.05) is 30.3 Å². The lowest BCUT2D eigenvalue weighted by atomic mass is 10.1. The second kappa shape index (κ2) is 5.14. The van der Waals surface area contributed by atoms with E-state index < -0.39 is 0 Å². The fraction of sp³-hybridized carbons (Fsp3) is 0.182. The Balaban J connectivity index is 2.63. The summed E-state index contributed by atoms with van der Waals surface area (Å²) in [4.78, 5) is 4.29.